The maximum absolute atomic E-state index is 10.7. The van der Waals surface area contributed by atoms with Crippen molar-refractivity contribution >= 4 is 11.9 Å². The number of allylic oxidation sites excluding steroid dienone is 2. The van der Waals surface area contributed by atoms with E-state index in [1.54, 1.807) is 12.2 Å². The summed E-state index contributed by atoms with van der Waals surface area (Å²) in [6.45, 7) is 3.47. The Balaban J connectivity index is 4.29. The van der Waals surface area contributed by atoms with Gasteiger partial charge < -0.3 is 14.9 Å². The summed E-state index contributed by atoms with van der Waals surface area (Å²) in [5.74, 6) is -2.08. The minimum absolute atomic E-state index is 0.0858. The minimum atomic E-state index is -1.04. The summed E-state index contributed by atoms with van der Waals surface area (Å²) in [5, 5.41) is 17.6. The highest BCUT2D eigenvalue weighted by Crippen LogP contribution is 2.03. The average molecular weight is 242 g/mol. The van der Waals surface area contributed by atoms with Crippen molar-refractivity contribution < 1.29 is 24.5 Å². The highest BCUT2D eigenvalue weighted by molar-refractivity contribution is 5.87. The summed E-state index contributed by atoms with van der Waals surface area (Å²) >= 11 is 0. The number of carboxylic acid groups (broad SMARTS) is 2. The lowest BCUT2D eigenvalue weighted by atomic mass is 10.2. The molecule has 0 fully saturated rings. The molecule has 0 heterocycles. The van der Waals surface area contributed by atoms with Crippen molar-refractivity contribution in [2.75, 3.05) is 13.2 Å². The maximum atomic E-state index is 10.7. The predicted molar refractivity (Wildman–Crippen MR) is 62.8 cm³/mol. The molecule has 0 unspecified atom stereocenters. The third kappa shape index (κ3) is 6.52. The van der Waals surface area contributed by atoms with Crippen molar-refractivity contribution in [3.05, 3.63) is 23.3 Å². The van der Waals surface area contributed by atoms with Gasteiger partial charge in [-0.25, -0.2) is 9.59 Å². The number of carboxylic acids is 2. The van der Waals surface area contributed by atoms with E-state index in [1.807, 2.05) is 13.8 Å². The van der Waals surface area contributed by atoms with Crippen LogP contribution in [-0.4, -0.2) is 35.4 Å². The van der Waals surface area contributed by atoms with E-state index in [-0.39, 0.29) is 24.4 Å². The van der Waals surface area contributed by atoms with Gasteiger partial charge in [0.1, 0.15) is 0 Å². The number of rotatable bonds is 8. The summed E-state index contributed by atoms with van der Waals surface area (Å²) < 4.78 is 5.09. The first kappa shape index (κ1) is 15.4. The first-order valence-corrected chi connectivity index (χ1v) is 5.45. The van der Waals surface area contributed by atoms with Crippen LogP contribution in [0.4, 0.5) is 0 Å². The summed E-state index contributed by atoms with van der Waals surface area (Å²) in [6.07, 6.45) is 4.29. The molecule has 96 valence electrons. The van der Waals surface area contributed by atoms with E-state index in [0.29, 0.717) is 12.8 Å². The smallest absolute Gasteiger partial charge is 0.333 e. The molecule has 0 bridgehead atoms. The zero-order valence-corrected chi connectivity index (χ0v) is 10.1. The number of carbonyl (C=O) groups is 2. The van der Waals surface area contributed by atoms with Gasteiger partial charge in [-0.1, -0.05) is 26.0 Å². The molecule has 0 rings (SSSR count). The molecule has 0 aliphatic carbocycles. The van der Waals surface area contributed by atoms with Crippen LogP contribution in [0.2, 0.25) is 0 Å². The second-order valence-corrected chi connectivity index (χ2v) is 3.38. The lowest BCUT2D eigenvalue weighted by Crippen LogP contribution is -2.13. The molecule has 0 aromatic carbocycles. The highest BCUT2D eigenvalue weighted by atomic mass is 16.5. The van der Waals surface area contributed by atoms with Crippen LogP contribution >= 0.6 is 0 Å². The summed E-state index contributed by atoms with van der Waals surface area (Å²) in [4.78, 5) is 21.5. The van der Waals surface area contributed by atoms with Crippen LogP contribution in [0.3, 0.4) is 0 Å². The summed E-state index contributed by atoms with van der Waals surface area (Å²) in [5.41, 5.74) is 0.294. The molecule has 5 nitrogen and oxygen atoms in total. The molecule has 2 N–H and O–H groups in total. The summed E-state index contributed by atoms with van der Waals surface area (Å²) in [6, 6.07) is 0. The van der Waals surface area contributed by atoms with Crippen LogP contribution in [0.5, 0.6) is 0 Å². The van der Waals surface area contributed by atoms with Gasteiger partial charge in [-0.15, -0.1) is 0 Å². The fourth-order valence-electron chi connectivity index (χ4n) is 1.18. The first-order valence-electron chi connectivity index (χ1n) is 5.45. The molecule has 0 aromatic rings. The molecule has 0 spiro atoms. The SMILES string of the molecule is CCC=C(COCC(=CCC)C(=O)O)C(=O)O. The molecule has 0 radical (unpaired) electrons. The molecular formula is C12H18O5. The van der Waals surface area contributed by atoms with E-state index < -0.39 is 11.9 Å². The Morgan fingerprint density at radius 3 is 1.53 bits per heavy atom. The molecule has 0 atom stereocenters. The quantitative estimate of drug-likeness (QED) is 0.634. The number of hydrogen-bond donors (Lipinski definition) is 2. The molecule has 0 amide bonds. The van der Waals surface area contributed by atoms with Crippen molar-refractivity contribution in [2.45, 2.75) is 26.7 Å². The van der Waals surface area contributed by atoms with Gasteiger partial charge in [-0.2, -0.15) is 0 Å². The largest absolute Gasteiger partial charge is 0.478 e. The average Bonchev–Trinajstić information content (AvgIpc) is 2.26. The van der Waals surface area contributed by atoms with Crippen LogP contribution in [-0.2, 0) is 14.3 Å². The van der Waals surface area contributed by atoms with Crippen molar-refractivity contribution in [1.82, 2.24) is 0 Å². The van der Waals surface area contributed by atoms with E-state index >= 15 is 0 Å². The van der Waals surface area contributed by atoms with Crippen molar-refractivity contribution in [3.63, 3.8) is 0 Å². The molecular weight excluding hydrogens is 224 g/mol. The van der Waals surface area contributed by atoms with Crippen LogP contribution in [0.1, 0.15) is 26.7 Å². The van der Waals surface area contributed by atoms with Gasteiger partial charge in [0.25, 0.3) is 0 Å². The Kier molecular flexibility index (Phi) is 7.71. The number of ether oxygens (including phenoxy) is 1. The second-order valence-electron chi connectivity index (χ2n) is 3.38. The topological polar surface area (TPSA) is 83.8 Å². The zero-order valence-electron chi connectivity index (χ0n) is 10.1. The van der Waals surface area contributed by atoms with Crippen LogP contribution in [0.15, 0.2) is 23.3 Å². The molecule has 0 aliphatic rings. The van der Waals surface area contributed by atoms with E-state index in [4.69, 9.17) is 14.9 Å². The Morgan fingerprint density at radius 1 is 0.941 bits per heavy atom. The van der Waals surface area contributed by atoms with Gasteiger partial charge in [0.2, 0.25) is 0 Å². The fourth-order valence-corrected chi connectivity index (χ4v) is 1.18. The second kappa shape index (κ2) is 8.52. The molecule has 17 heavy (non-hydrogen) atoms. The maximum Gasteiger partial charge on any atom is 0.333 e. The van der Waals surface area contributed by atoms with Gasteiger partial charge in [-0.3, -0.25) is 0 Å². The van der Waals surface area contributed by atoms with Gasteiger partial charge in [0.15, 0.2) is 0 Å². The third-order valence-corrected chi connectivity index (χ3v) is 1.97. The van der Waals surface area contributed by atoms with Gasteiger partial charge in [0.05, 0.1) is 24.4 Å². The fraction of sp³-hybridized carbons (Fsp3) is 0.500. The predicted octanol–water partition coefficient (Wildman–Crippen LogP) is 1.85. The van der Waals surface area contributed by atoms with Crippen molar-refractivity contribution in [1.29, 1.82) is 0 Å². The standard InChI is InChI=1S/C12H18O5/c1-3-5-9(11(13)14)7-17-8-10(6-4-2)12(15)16/h5-6H,3-4,7-8H2,1-2H3,(H,13,14)(H,15,16). The lowest BCUT2D eigenvalue weighted by molar-refractivity contribution is -0.133. The number of hydrogen-bond acceptors (Lipinski definition) is 3. The number of aliphatic carboxylic acids is 2. The van der Waals surface area contributed by atoms with Crippen molar-refractivity contribution in [2.24, 2.45) is 0 Å². The molecule has 0 aliphatic heterocycles. The van der Waals surface area contributed by atoms with Gasteiger partial charge >= 0.3 is 11.9 Å². The molecule has 0 saturated heterocycles. The van der Waals surface area contributed by atoms with Gasteiger partial charge in [-0.05, 0) is 12.8 Å². The van der Waals surface area contributed by atoms with E-state index in [2.05, 4.69) is 0 Å². The normalized spacial score (nSPS) is 12.6. The van der Waals surface area contributed by atoms with Crippen molar-refractivity contribution in [3.8, 4) is 0 Å². The molecule has 5 heteroatoms. The Labute approximate surface area is 100 Å². The van der Waals surface area contributed by atoms with E-state index in [1.165, 1.54) is 0 Å². The molecule has 0 saturated carbocycles. The Bertz CT molecular complexity index is 296. The van der Waals surface area contributed by atoms with Gasteiger partial charge in [0, 0.05) is 0 Å². The third-order valence-electron chi connectivity index (χ3n) is 1.97. The van der Waals surface area contributed by atoms with E-state index in [9.17, 15) is 9.59 Å². The van der Waals surface area contributed by atoms with Crippen LogP contribution < -0.4 is 0 Å². The Morgan fingerprint density at radius 2 is 1.29 bits per heavy atom. The monoisotopic (exact) mass is 242 g/mol. The zero-order chi connectivity index (χ0) is 13.3. The Hall–Kier alpha value is -1.62. The van der Waals surface area contributed by atoms with Crippen LogP contribution in [0.25, 0.3) is 0 Å². The highest BCUT2D eigenvalue weighted by Gasteiger charge is 2.10. The van der Waals surface area contributed by atoms with E-state index in [0.717, 1.165) is 0 Å². The molecule has 0 aromatic heterocycles. The lowest BCUT2D eigenvalue weighted by Gasteiger charge is -2.05. The van der Waals surface area contributed by atoms with Crippen LogP contribution in [0, 0.1) is 0 Å². The summed E-state index contributed by atoms with van der Waals surface area (Å²) in [7, 11) is 0. The first-order chi connectivity index (χ1) is 8.02. The minimum Gasteiger partial charge on any atom is -0.478 e.